The van der Waals surface area contributed by atoms with E-state index in [9.17, 15) is 53.1 Å². The number of nitrogens with one attached hydrogen (secondary N) is 8. The molecular weight excluding hydrogens is 796 g/mol. The van der Waals surface area contributed by atoms with Crippen molar-refractivity contribution in [2.45, 2.75) is 95.4 Å². The highest BCUT2D eigenvalue weighted by atomic mass is 16.4. The average molecular weight is 859 g/mol. The summed E-state index contributed by atoms with van der Waals surface area (Å²) in [6.45, 7) is 0.738. The predicted octanol–water partition coefficient (Wildman–Crippen LogP) is -7.71. The molecule has 5 atom stereocenters. The molecule has 20 N–H and O–H groups in total. The SMILES string of the molecule is CC(C)C[C@H](NC(=O)[C@H](CCCN=C(N)N)NC(=O)CNC(=O)[C@H](CCC(N)=O)NC(=O)[C@H](CCCCN)NC(=O)CNC(=O)CNC(=O)CNC(=O)[C@@H](N)CO)C(=O)O. The molecule has 0 bridgehead atoms. The van der Waals surface area contributed by atoms with Gasteiger partial charge < -0.3 is 81.4 Å². The standard InChI is InChI=1S/C34H62N14O12/c1-18(2)12-23(33(59)60)48-32(58)21(7-5-11-40-34(38)39)46-28(54)16-44-30(56)22(8-9-24(37)50)47-31(57)20(6-3-4-10-35)45-27(53)15-42-25(51)13-41-26(52)14-43-29(55)19(36)17-49/h18-23,49H,3-17,35-36H2,1-2H3,(H2,37,50)(H,41,52)(H,42,51)(H,43,55)(H,44,56)(H,45,53)(H,46,54)(H,47,57)(H,48,58)(H,59,60)(H4,38,39,40)/t19-,20-,21-,22-,23-/m0/s1. The normalized spacial score (nSPS) is 13.2. The second kappa shape index (κ2) is 30.0. The number of aliphatic imine (C=N–C) groups is 1. The molecule has 0 spiro atoms. The van der Waals surface area contributed by atoms with Crippen molar-refractivity contribution in [1.82, 2.24) is 42.5 Å². The van der Waals surface area contributed by atoms with Crippen molar-refractivity contribution in [1.29, 1.82) is 0 Å². The zero-order valence-electron chi connectivity index (χ0n) is 33.9. The zero-order valence-corrected chi connectivity index (χ0v) is 33.9. The summed E-state index contributed by atoms with van der Waals surface area (Å²) in [6.07, 6.45) is 0.415. The lowest BCUT2D eigenvalue weighted by molar-refractivity contribution is -0.142. The minimum atomic E-state index is -1.45. The van der Waals surface area contributed by atoms with Crippen molar-refractivity contribution < 1.29 is 58.2 Å². The average Bonchev–Trinajstić information content (AvgIpc) is 3.18. The first-order valence-electron chi connectivity index (χ1n) is 19.1. The first-order valence-corrected chi connectivity index (χ1v) is 19.1. The summed E-state index contributed by atoms with van der Waals surface area (Å²) in [5, 5.41) is 37.1. The molecule has 0 aromatic carbocycles. The molecule has 26 heteroatoms. The highest BCUT2D eigenvalue weighted by molar-refractivity contribution is 5.96. The monoisotopic (exact) mass is 858 g/mol. The fourth-order valence-electron chi connectivity index (χ4n) is 4.97. The summed E-state index contributed by atoms with van der Waals surface area (Å²) < 4.78 is 0. The molecule has 26 nitrogen and oxygen atoms in total. The molecule has 0 rings (SSSR count). The van der Waals surface area contributed by atoms with Gasteiger partial charge in [-0.2, -0.15) is 0 Å². The van der Waals surface area contributed by atoms with Gasteiger partial charge in [0, 0.05) is 13.0 Å². The van der Waals surface area contributed by atoms with Crippen molar-refractivity contribution in [2.24, 2.45) is 39.6 Å². The van der Waals surface area contributed by atoms with Gasteiger partial charge in [0.1, 0.15) is 30.2 Å². The third kappa shape index (κ3) is 25.3. The number of carbonyl (C=O) groups is 10. The predicted molar refractivity (Wildman–Crippen MR) is 213 cm³/mol. The molecule has 60 heavy (non-hydrogen) atoms. The van der Waals surface area contributed by atoms with E-state index in [-0.39, 0.29) is 63.5 Å². The Kier molecular flexibility index (Phi) is 26.9. The number of guanidine groups is 1. The van der Waals surface area contributed by atoms with Crippen LogP contribution < -0.4 is 71.2 Å². The largest absolute Gasteiger partial charge is 0.480 e. The highest BCUT2D eigenvalue weighted by Crippen LogP contribution is 2.08. The maximum absolute atomic E-state index is 13.4. The van der Waals surface area contributed by atoms with Crippen molar-refractivity contribution in [3.8, 4) is 0 Å². The van der Waals surface area contributed by atoms with Crippen molar-refractivity contribution in [3.63, 3.8) is 0 Å². The highest BCUT2D eigenvalue weighted by Gasteiger charge is 2.29. The van der Waals surface area contributed by atoms with Crippen LogP contribution in [0.15, 0.2) is 4.99 Å². The van der Waals surface area contributed by atoms with E-state index in [1.165, 1.54) is 0 Å². The van der Waals surface area contributed by atoms with Gasteiger partial charge in [-0.1, -0.05) is 13.8 Å². The summed E-state index contributed by atoms with van der Waals surface area (Å²) in [4.78, 5) is 128. The number of carboxylic acid groups (broad SMARTS) is 1. The van der Waals surface area contributed by atoms with E-state index in [1.54, 1.807) is 13.8 Å². The van der Waals surface area contributed by atoms with Crippen LogP contribution in [0.2, 0.25) is 0 Å². The van der Waals surface area contributed by atoms with Crippen LogP contribution in [0.5, 0.6) is 0 Å². The fourth-order valence-corrected chi connectivity index (χ4v) is 4.97. The van der Waals surface area contributed by atoms with E-state index in [0.717, 1.165) is 0 Å². The summed E-state index contributed by atoms with van der Waals surface area (Å²) >= 11 is 0. The number of carboxylic acids is 1. The summed E-state index contributed by atoms with van der Waals surface area (Å²) in [5.41, 5.74) is 26.8. The van der Waals surface area contributed by atoms with Gasteiger partial charge >= 0.3 is 5.97 Å². The topological polar surface area (TPSA) is 450 Å². The number of hydrogen-bond acceptors (Lipinski definition) is 14. The smallest absolute Gasteiger partial charge is 0.326 e. The number of nitrogens with zero attached hydrogens (tertiary/aromatic N) is 1. The molecule has 0 aliphatic carbocycles. The number of carbonyl (C=O) groups excluding carboxylic acids is 9. The molecule has 0 aromatic heterocycles. The maximum Gasteiger partial charge on any atom is 0.326 e. The van der Waals surface area contributed by atoms with E-state index >= 15 is 0 Å². The van der Waals surface area contributed by atoms with Gasteiger partial charge in [-0.15, -0.1) is 0 Å². The molecule has 0 aliphatic rings. The number of amides is 9. The Hall–Kier alpha value is -6.15. The summed E-state index contributed by atoms with van der Waals surface area (Å²) in [5.74, 6) is -9.08. The Morgan fingerprint density at radius 2 is 1.05 bits per heavy atom. The van der Waals surface area contributed by atoms with Crippen LogP contribution in [0.25, 0.3) is 0 Å². The van der Waals surface area contributed by atoms with Crippen molar-refractivity contribution in [3.05, 3.63) is 0 Å². The summed E-state index contributed by atoms with van der Waals surface area (Å²) in [6, 6.07) is -6.48. The molecule has 0 aromatic rings. The molecule has 0 aliphatic heterocycles. The van der Waals surface area contributed by atoms with E-state index in [0.29, 0.717) is 12.8 Å². The third-order valence-corrected chi connectivity index (χ3v) is 8.10. The lowest BCUT2D eigenvalue weighted by Gasteiger charge is -2.24. The van der Waals surface area contributed by atoms with Gasteiger partial charge in [0.25, 0.3) is 0 Å². The fraction of sp³-hybridized carbons (Fsp3) is 0.676. The maximum atomic E-state index is 13.4. The number of aliphatic carboxylic acids is 1. The second-order valence-corrected chi connectivity index (χ2v) is 13.8. The number of primary amides is 1. The molecule has 0 unspecified atom stereocenters. The first-order chi connectivity index (χ1) is 28.2. The third-order valence-electron chi connectivity index (χ3n) is 8.10. The summed E-state index contributed by atoms with van der Waals surface area (Å²) in [7, 11) is 0. The van der Waals surface area contributed by atoms with Crippen LogP contribution in [0, 0.1) is 5.92 Å². The van der Waals surface area contributed by atoms with Crippen LogP contribution in [-0.4, -0.2) is 151 Å². The van der Waals surface area contributed by atoms with Gasteiger partial charge in [-0.3, -0.25) is 48.1 Å². The number of hydrogen-bond donors (Lipinski definition) is 15. The van der Waals surface area contributed by atoms with E-state index < -0.39 is 122 Å². The second-order valence-electron chi connectivity index (χ2n) is 13.8. The van der Waals surface area contributed by atoms with E-state index in [2.05, 4.69) is 47.5 Å². The number of rotatable bonds is 31. The molecule has 0 heterocycles. The minimum Gasteiger partial charge on any atom is -0.480 e. The first kappa shape index (κ1) is 53.9. The Morgan fingerprint density at radius 3 is 1.53 bits per heavy atom. The Balaban J connectivity index is 5.64. The van der Waals surface area contributed by atoms with Crippen molar-refractivity contribution >= 4 is 65.1 Å². The quantitative estimate of drug-likeness (QED) is 0.0175. The number of nitrogens with two attached hydrogens (primary N) is 5. The Labute approximate surface area is 346 Å². The molecular formula is C34H62N14O12. The van der Waals surface area contributed by atoms with Crippen molar-refractivity contribution in [2.75, 3.05) is 45.9 Å². The van der Waals surface area contributed by atoms with E-state index in [4.69, 9.17) is 33.8 Å². The van der Waals surface area contributed by atoms with Crippen LogP contribution >= 0.6 is 0 Å². The van der Waals surface area contributed by atoms with Gasteiger partial charge in [0.15, 0.2) is 5.96 Å². The van der Waals surface area contributed by atoms with E-state index in [1.807, 2.05) is 0 Å². The van der Waals surface area contributed by atoms with Gasteiger partial charge in [-0.05, 0) is 57.4 Å². The Morgan fingerprint density at radius 1 is 0.583 bits per heavy atom. The van der Waals surface area contributed by atoms with Gasteiger partial charge in [0.2, 0.25) is 53.2 Å². The van der Waals surface area contributed by atoms with Crippen LogP contribution in [0.4, 0.5) is 0 Å². The van der Waals surface area contributed by atoms with Crippen LogP contribution in [-0.2, 0) is 47.9 Å². The molecule has 0 saturated carbocycles. The number of aliphatic hydroxyl groups excluding tert-OH is 1. The minimum absolute atomic E-state index is 0.0192. The number of unbranched alkanes of at least 4 members (excludes halogenated alkanes) is 1. The molecule has 340 valence electrons. The zero-order chi connectivity index (χ0) is 45.8. The van der Waals surface area contributed by atoms with Gasteiger partial charge in [-0.25, -0.2) is 4.79 Å². The molecule has 0 saturated heterocycles. The lowest BCUT2D eigenvalue weighted by Crippen LogP contribution is -2.56. The molecule has 9 amide bonds. The molecule has 0 radical (unpaired) electrons. The van der Waals surface area contributed by atoms with Gasteiger partial charge in [0.05, 0.1) is 32.8 Å². The lowest BCUT2D eigenvalue weighted by atomic mass is 10.0. The van der Waals surface area contributed by atoms with Crippen LogP contribution in [0.1, 0.15) is 65.2 Å². The molecule has 0 fully saturated rings. The van der Waals surface area contributed by atoms with Crippen LogP contribution in [0.3, 0.4) is 0 Å². The number of aliphatic hydroxyl groups is 1. The Bertz CT molecular complexity index is 1510.